The normalized spacial score (nSPS) is 10.6. The van der Waals surface area contributed by atoms with Gasteiger partial charge in [-0.1, -0.05) is 18.2 Å². The van der Waals surface area contributed by atoms with Gasteiger partial charge in [0, 0.05) is 47.9 Å². The van der Waals surface area contributed by atoms with Crippen molar-refractivity contribution in [2.24, 2.45) is 0 Å². The summed E-state index contributed by atoms with van der Waals surface area (Å²) in [5.74, 6) is -0.312. The molecule has 27 heavy (non-hydrogen) atoms. The maximum Gasteiger partial charge on any atom is 0.227 e. The van der Waals surface area contributed by atoms with Gasteiger partial charge in [-0.2, -0.15) is 0 Å². The van der Waals surface area contributed by atoms with Gasteiger partial charge in [0.15, 0.2) is 5.13 Å². The smallest absolute Gasteiger partial charge is 0.227 e. The fraction of sp³-hybridized carbons (Fsp3) is 0.250. The van der Waals surface area contributed by atoms with Crippen LogP contribution >= 0.6 is 11.3 Å². The zero-order valence-electron chi connectivity index (χ0n) is 15.6. The van der Waals surface area contributed by atoms with Gasteiger partial charge in [0.05, 0.1) is 5.69 Å². The highest BCUT2D eigenvalue weighted by Gasteiger charge is 2.15. The second-order valence-electron chi connectivity index (χ2n) is 6.27. The molecule has 0 radical (unpaired) electrons. The van der Waals surface area contributed by atoms with Crippen LogP contribution in [0.1, 0.15) is 24.7 Å². The molecule has 0 bridgehead atoms. The predicted molar refractivity (Wildman–Crippen MR) is 108 cm³/mol. The maximum atomic E-state index is 12.0. The summed E-state index contributed by atoms with van der Waals surface area (Å²) in [6, 6.07) is 12.3. The van der Waals surface area contributed by atoms with Crippen molar-refractivity contribution in [2.45, 2.75) is 27.2 Å². The molecule has 0 saturated heterocycles. The Balaban J connectivity index is 1.75. The van der Waals surface area contributed by atoms with Crippen molar-refractivity contribution >= 4 is 28.3 Å². The van der Waals surface area contributed by atoms with E-state index in [4.69, 9.17) is 0 Å². The van der Waals surface area contributed by atoms with Crippen LogP contribution in [0.25, 0.3) is 16.9 Å². The van der Waals surface area contributed by atoms with Crippen LogP contribution < -0.4 is 10.6 Å². The van der Waals surface area contributed by atoms with Crippen molar-refractivity contribution in [3.8, 4) is 16.9 Å². The highest BCUT2D eigenvalue weighted by atomic mass is 32.1. The molecule has 2 aromatic heterocycles. The van der Waals surface area contributed by atoms with E-state index in [-0.39, 0.29) is 18.2 Å². The number of para-hydroxylation sites is 1. The number of thiazole rings is 1. The van der Waals surface area contributed by atoms with Crippen molar-refractivity contribution < 1.29 is 9.59 Å². The number of nitrogens with zero attached hydrogens (tertiary/aromatic N) is 2. The number of carbonyl (C=O) groups is 2. The number of nitrogens with one attached hydrogen (secondary N) is 2. The number of aryl methyl sites for hydroxylation is 1. The Labute approximate surface area is 162 Å². The summed E-state index contributed by atoms with van der Waals surface area (Å²) < 4.78 is 2.19. The summed E-state index contributed by atoms with van der Waals surface area (Å²) in [6.45, 7) is 5.88. The molecule has 2 heterocycles. The first-order chi connectivity index (χ1) is 13.0. The van der Waals surface area contributed by atoms with Crippen molar-refractivity contribution in [1.29, 1.82) is 0 Å². The molecule has 0 aliphatic rings. The predicted octanol–water partition coefficient (Wildman–Crippen LogP) is 3.68. The minimum absolute atomic E-state index is 0.145. The highest BCUT2D eigenvalue weighted by molar-refractivity contribution is 7.14. The van der Waals surface area contributed by atoms with Crippen LogP contribution in [-0.2, 0) is 9.59 Å². The lowest BCUT2D eigenvalue weighted by atomic mass is 10.2. The average Bonchev–Trinajstić information content (AvgIpc) is 3.19. The number of anilines is 1. The summed E-state index contributed by atoms with van der Waals surface area (Å²) in [7, 11) is 0. The minimum Gasteiger partial charge on any atom is -0.356 e. The van der Waals surface area contributed by atoms with Crippen molar-refractivity contribution in [2.75, 3.05) is 11.9 Å². The van der Waals surface area contributed by atoms with Gasteiger partial charge in [-0.25, -0.2) is 4.98 Å². The van der Waals surface area contributed by atoms with Crippen molar-refractivity contribution in [3.05, 3.63) is 53.2 Å². The molecule has 0 spiro atoms. The van der Waals surface area contributed by atoms with Crippen LogP contribution in [0.15, 0.2) is 41.8 Å². The standard InChI is InChI=1S/C20H22N4O2S/c1-13-11-17(14(2)24(13)16-7-5-4-6-8-16)18-12-27-20(22-18)23-19(26)9-10-21-15(3)25/h4-8,11-12H,9-10H2,1-3H3,(H,21,25)(H,22,23,26). The molecule has 0 fully saturated rings. The van der Waals surface area contributed by atoms with Gasteiger partial charge in [-0.15, -0.1) is 11.3 Å². The maximum absolute atomic E-state index is 12.0. The fourth-order valence-corrected chi connectivity index (χ4v) is 3.71. The molecule has 1 aromatic carbocycles. The molecule has 7 heteroatoms. The topological polar surface area (TPSA) is 76.0 Å². The van der Waals surface area contributed by atoms with Crippen LogP contribution in [0.2, 0.25) is 0 Å². The van der Waals surface area contributed by atoms with E-state index >= 15 is 0 Å². The van der Waals surface area contributed by atoms with Gasteiger partial charge in [-0.3, -0.25) is 9.59 Å². The van der Waals surface area contributed by atoms with E-state index in [9.17, 15) is 9.59 Å². The van der Waals surface area contributed by atoms with Gasteiger partial charge >= 0.3 is 0 Å². The zero-order chi connectivity index (χ0) is 19.4. The van der Waals surface area contributed by atoms with Crippen LogP contribution in [-0.4, -0.2) is 27.9 Å². The van der Waals surface area contributed by atoms with Gasteiger partial charge < -0.3 is 15.2 Å². The number of hydrogen-bond donors (Lipinski definition) is 2. The van der Waals surface area contributed by atoms with Gasteiger partial charge in [-0.05, 0) is 32.0 Å². The minimum atomic E-state index is -0.167. The van der Waals surface area contributed by atoms with Gasteiger partial charge in [0.2, 0.25) is 11.8 Å². The molecule has 6 nitrogen and oxygen atoms in total. The molecule has 0 unspecified atom stereocenters. The molecule has 0 atom stereocenters. The Morgan fingerprint density at radius 3 is 2.63 bits per heavy atom. The number of aromatic nitrogens is 2. The first kappa shape index (κ1) is 18.8. The zero-order valence-corrected chi connectivity index (χ0v) is 16.4. The van der Waals surface area contributed by atoms with E-state index in [0.29, 0.717) is 11.7 Å². The van der Waals surface area contributed by atoms with E-state index < -0.39 is 0 Å². The first-order valence-electron chi connectivity index (χ1n) is 8.70. The Morgan fingerprint density at radius 2 is 1.93 bits per heavy atom. The Morgan fingerprint density at radius 1 is 1.19 bits per heavy atom. The summed E-state index contributed by atoms with van der Waals surface area (Å²) in [6.07, 6.45) is 0.219. The SMILES string of the molecule is CC(=O)NCCC(=O)Nc1nc(-c2cc(C)n(-c3ccccc3)c2C)cs1. The number of hydrogen-bond acceptors (Lipinski definition) is 4. The largest absolute Gasteiger partial charge is 0.356 e. The second-order valence-corrected chi connectivity index (χ2v) is 7.13. The van der Waals surface area contributed by atoms with E-state index in [0.717, 1.165) is 28.3 Å². The van der Waals surface area contributed by atoms with Crippen molar-refractivity contribution in [1.82, 2.24) is 14.9 Å². The molecular formula is C20H22N4O2S. The molecule has 2 amide bonds. The van der Waals surface area contributed by atoms with Gasteiger partial charge in [0.1, 0.15) is 0 Å². The number of carbonyl (C=O) groups excluding carboxylic acids is 2. The molecule has 3 aromatic rings. The van der Waals surface area contributed by atoms with E-state index in [2.05, 4.69) is 52.2 Å². The average molecular weight is 382 g/mol. The van der Waals surface area contributed by atoms with Crippen molar-refractivity contribution in [3.63, 3.8) is 0 Å². The van der Waals surface area contributed by atoms with Crippen LogP contribution in [0.3, 0.4) is 0 Å². The second kappa shape index (κ2) is 8.18. The van der Waals surface area contributed by atoms with Crippen LogP contribution in [0.4, 0.5) is 5.13 Å². The number of rotatable bonds is 6. The molecule has 2 N–H and O–H groups in total. The molecule has 0 aliphatic heterocycles. The Bertz CT molecular complexity index is 960. The Kier molecular flexibility index (Phi) is 5.71. The fourth-order valence-electron chi connectivity index (χ4n) is 2.99. The quantitative estimate of drug-likeness (QED) is 0.683. The lowest BCUT2D eigenvalue weighted by Crippen LogP contribution is -2.25. The first-order valence-corrected chi connectivity index (χ1v) is 9.58. The molecular weight excluding hydrogens is 360 g/mol. The lowest BCUT2D eigenvalue weighted by molar-refractivity contribution is -0.119. The third kappa shape index (κ3) is 4.43. The number of amides is 2. The van der Waals surface area contributed by atoms with E-state index in [1.54, 1.807) is 0 Å². The van der Waals surface area contributed by atoms with Crippen LogP contribution in [0, 0.1) is 13.8 Å². The number of benzene rings is 1. The van der Waals surface area contributed by atoms with Crippen LogP contribution in [0.5, 0.6) is 0 Å². The van der Waals surface area contributed by atoms with E-state index in [1.165, 1.54) is 18.3 Å². The Hall–Kier alpha value is -2.93. The van der Waals surface area contributed by atoms with Gasteiger partial charge in [0.25, 0.3) is 0 Å². The summed E-state index contributed by atoms with van der Waals surface area (Å²) >= 11 is 1.39. The van der Waals surface area contributed by atoms with E-state index in [1.807, 2.05) is 23.6 Å². The highest BCUT2D eigenvalue weighted by Crippen LogP contribution is 2.31. The summed E-state index contributed by atoms with van der Waals surface area (Å²) in [4.78, 5) is 27.4. The molecule has 3 rings (SSSR count). The molecule has 0 aliphatic carbocycles. The summed E-state index contributed by atoms with van der Waals surface area (Å²) in [5.41, 5.74) is 5.23. The summed E-state index contributed by atoms with van der Waals surface area (Å²) in [5, 5.41) is 7.90. The third-order valence-corrected chi connectivity index (χ3v) is 4.96. The molecule has 140 valence electrons. The third-order valence-electron chi connectivity index (χ3n) is 4.20. The molecule has 0 saturated carbocycles. The lowest BCUT2D eigenvalue weighted by Gasteiger charge is -2.09. The monoisotopic (exact) mass is 382 g/mol.